The van der Waals surface area contributed by atoms with Gasteiger partial charge in [0.1, 0.15) is 41.1 Å². The summed E-state index contributed by atoms with van der Waals surface area (Å²) in [7, 11) is -0.385. The molecule has 0 aliphatic carbocycles. The normalized spacial score (nSPS) is 26.2. The predicted octanol–water partition coefficient (Wildman–Crippen LogP) is 7.91. The minimum absolute atomic E-state index is 0.0316. The Morgan fingerprint density at radius 3 is 1.86 bits per heavy atom. The van der Waals surface area contributed by atoms with Crippen molar-refractivity contribution in [3.63, 3.8) is 0 Å². The Labute approximate surface area is 435 Å². The molecule has 2 saturated heterocycles. The van der Waals surface area contributed by atoms with Crippen molar-refractivity contribution in [2.45, 2.75) is 107 Å². The molecule has 3 aliphatic heterocycles. The fourth-order valence-electron chi connectivity index (χ4n) is 8.13. The second kappa shape index (κ2) is 23.1. The summed E-state index contributed by atoms with van der Waals surface area (Å²) in [6.07, 6.45) is -16.4. The number of nitrogens with zero attached hydrogens (tertiary/aromatic N) is 1. The van der Waals surface area contributed by atoms with E-state index < -0.39 is 127 Å². The lowest BCUT2D eigenvalue weighted by Gasteiger charge is -2.51. The number of ether oxygens (including phenoxy) is 10. The number of rotatable bonds is 17. The number of carbonyl (C=O) groups excluding carboxylic acids is 5. The zero-order valence-electron chi connectivity index (χ0n) is 39.6. The zero-order valence-corrected chi connectivity index (χ0v) is 43.6. The highest BCUT2D eigenvalue weighted by Gasteiger charge is 2.63. The number of para-hydroxylation sites is 2. The first-order chi connectivity index (χ1) is 34.1. The first-order valence-corrected chi connectivity index (χ1v) is 27.6. The van der Waals surface area contributed by atoms with Crippen LogP contribution in [0.4, 0.5) is 4.79 Å². The molecule has 72 heavy (non-hydrogen) atoms. The number of hydrogen-bond donors (Lipinski definition) is 2. The molecule has 386 valence electrons. The van der Waals surface area contributed by atoms with Crippen LogP contribution < -0.4 is 14.2 Å². The lowest BCUT2D eigenvalue weighted by atomic mass is 9.85. The molecule has 2 N–H and O–H groups in total. The van der Waals surface area contributed by atoms with Crippen LogP contribution in [0.2, 0.25) is 45.8 Å². The second-order valence-electron chi connectivity index (χ2n) is 18.3. The zero-order chi connectivity index (χ0) is 52.2. The molecule has 0 spiro atoms. The molecule has 0 saturated carbocycles. The van der Waals surface area contributed by atoms with Gasteiger partial charge in [-0.25, -0.2) is 9.59 Å². The summed E-state index contributed by atoms with van der Waals surface area (Å²) < 4.78 is 59.9. The molecule has 3 heterocycles. The van der Waals surface area contributed by atoms with Crippen molar-refractivity contribution < 1.29 is 81.6 Å². The third-order valence-corrected chi connectivity index (χ3v) is 15.3. The van der Waals surface area contributed by atoms with E-state index in [9.17, 15) is 34.2 Å². The molecular formula is C49H51Cl4NO17Si. The van der Waals surface area contributed by atoms with Gasteiger partial charge < -0.3 is 57.6 Å². The molecule has 7 rings (SSSR count). The monoisotopic (exact) mass is 1090 g/mol. The van der Waals surface area contributed by atoms with Crippen LogP contribution >= 0.6 is 46.4 Å². The number of esters is 2. The summed E-state index contributed by atoms with van der Waals surface area (Å²) in [5.74, 6) is -3.73. The quantitative estimate of drug-likeness (QED) is 0.0195. The number of imide groups is 1. The van der Waals surface area contributed by atoms with Crippen LogP contribution in [-0.2, 0) is 49.4 Å². The van der Waals surface area contributed by atoms with Crippen LogP contribution in [0.25, 0.3) is 0 Å². The van der Waals surface area contributed by atoms with E-state index in [0.717, 1.165) is 13.8 Å². The standard InChI is InChI=1S/C49H51Cl4NO17Si/c1-25(55)65-39-37(54-43(57)31-32(44(54)58)34(51)36(53)35(52)33(31)50)46(68-30(38(39)56)24-63-23-26-17-19-27(62-3)20-18-26)69-40-41(71-48(60)67-29-15-11-8-12-16-29)49(2,61)42(45(59)66-28-13-9-7-10-14-28)70-47(40)64-21-22-72(4,5)6/h7-20,30,37-42,46-47,56,61H,21-24H2,1-6H3/t30-,37-,38-,39-,40-,41-,42-,46+,47-,49+/m1/s1. The molecule has 18 nitrogen and oxygen atoms in total. The average molecular weight is 1100 g/mol. The van der Waals surface area contributed by atoms with E-state index in [1.165, 1.54) is 31.4 Å². The second-order valence-corrected chi connectivity index (χ2v) is 25.4. The molecule has 4 aromatic rings. The van der Waals surface area contributed by atoms with Crippen molar-refractivity contribution in [1.29, 1.82) is 0 Å². The van der Waals surface area contributed by atoms with Crippen molar-refractivity contribution in [3.05, 3.63) is 122 Å². The van der Waals surface area contributed by atoms with Gasteiger partial charge in [-0.15, -0.1) is 0 Å². The number of amides is 2. The van der Waals surface area contributed by atoms with Crippen molar-refractivity contribution in [2.75, 3.05) is 20.3 Å². The van der Waals surface area contributed by atoms with Gasteiger partial charge in [-0.3, -0.25) is 19.3 Å². The number of methoxy groups -OCH3 is 1. The van der Waals surface area contributed by atoms with E-state index in [1.807, 2.05) is 0 Å². The first-order valence-electron chi connectivity index (χ1n) is 22.4. The van der Waals surface area contributed by atoms with Gasteiger partial charge in [-0.05, 0) is 54.9 Å². The van der Waals surface area contributed by atoms with Gasteiger partial charge in [0, 0.05) is 21.6 Å². The molecule has 2 fully saturated rings. The van der Waals surface area contributed by atoms with Crippen molar-refractivity contribution in [3.8, 4) is 17.2 Å². The van der Waals surface area contributed by atoms with Gasteiger partial charge in [0.05, 0.1) is 51.5 Å². The summed E-state index contributed by atoms with van der Waals surface area (Å²) >= 11 is 25.9. The molecule has 0 unspecified atom stereocenters. The fraction of sp³-hybridized carbons (Fsp3) is 0.408. The SMILES string of the molecule is COc1ccc(COC[C@H]2O[C@@H](O[C@H]3[C@H](OCC[Si](C)(C)C)O[C@H](C(=O)Oc4ccccc4)[C@@](C)(O)[C@@H]3OC(=O)Oc3ccccc3)[C@H](N3C(=O)c4c(Cl)c(Cl)c(Cl)c(Cl)c4C3=O)[C@@H](OC(C)=O)[C@@H]2O)cc1. The molecule has 23 heteroatoms. The average Bonchev–Trinajstić information content (AvgIpc) is 3.59. The van der Waals surface area contributed by atoms with Crippen molar-refractivity contribution in [1.82, 2.24) is 4.90 Å². The van der Waals surface area contributed by atoms with Crippen LogP contribution in [0.3, 0.4) is 0 Å². The van der Waals surface area contributed by atoms with Gasteiger partial charge in [0.2, 0.25) is 0 Å². The molecule has 4 aromatic carbocycles. The number of aliphatic hydroxyl groups excluding tert-OH is 1. The Bertz CT molecular complexity index is 2580. The van der Waals surface area contributed by atoms with E-state index in [0.29, 0.717) is 22.3 Å². The third-order valence-electron chi connectivity index (χ3n) is 11.8. The number of hydrogen-bond acceptors (Lipinski definition) is 17. The number of aliphatic hydroxyl groups is 2. The largest absolute Gasteiger partial charge is 0.514 e. The molecule has 2 amide bonds. The van der Waals surface area contributed by atoms with Crippen LogP contribution in [0, 0.1) is 0 Å². The summed E-state index contributed by atoms with van der Waals surface area (Å²) in [5, 5.41) is 23.1. The highest BCUT2D eigenvalue weighted by molar-refractivity contribution is 6.76. The molecule has 0 aromatic heterocycles. The Morgan fingerprint density at radius 2 is 1.32 bits per heavy atom. The summed E-state index contributed by atoms with van der Waals surface area (Å²) in [5.41, 5.74) is -2.89. The number of fused-ring (bicyclic) bond motifs is 1. The van der Waals surface area contributed by atoms with Gasteiger partial charge in [0.25, 0.3) is 11.8 Å². The van der Waals surface area contributed by atoms with Crippen molar-refractivity contribution in [2.24, 2.45) is 0 Å². The Kier molecular flexibility index (Phi) is 17.6. The summed E-state index contributed by atoms with van der Waals surface area (Å²) in [6, 6.07) is 21.1. The van der Waals surface area contributed by atoms with E-state index in [4.69, 9.17) is 93.8 Å². The molecule has 3 aliphatic rings. The topological polar surface area (TPSA) is 221 Å². The minimum Gasteiger partial charge on any atom is -0.497 e. The van der Waals surface area contributed by atoms with Crippen LogP contribution in [-0.4, -0.2) is 134 Å². The lowest BCUT2D eigenvalue weighted by molar-refractivity contribution is -0.367. The van der Waals surface area contributed by atoms with Crippen LogP contribution in [0.5, 0.6) is 17.2 Å². The van der Waals surface area contributed by atoms with Gasteiger partial charge in [-0.1, -0.05) is 115 Å². The maximum absolute atomic E-state index is 14.7. The maximum atomic E-state index is 14.7. The number of halogens is 4. The van der Waals surface area contributed by atoms with Gasteiger partial charge in [0.15, 0.2) is 37.0 Å². The third kappa shape index (κ3) is 12.2. The molecular weight excluding hydrogens is 1040 g/mol. The van der Waals surface area contributed by atoms with E-state index in [2.05, 4.69) is 19.6 Å². The van der Waals surface area contributed by atoms with Gasteiger partial charge in [-0.2, -0.15) is 0 Å². The van der Waals surface area contributed by atoms with E-state index >= 15 is 0 Å². The Balaban J connectivity index is 1.35. The summed E-state index contributed by atoms with van der Waals surface area (Å²) in [6.45, 7) is 7.84. The van der Waals surface area contributed by atoms with Crippen molar-refractivity contribution >= 4 is 84.4 Å². The molecule has 10 atom stereocenters. The fourth-order valence-corrected chi connectivity index (χ4v) is 9.88. The highest BCUT2D eigenvalue weighted by atomic mass is 35.5. The predicted molar refractivity (Wildman–Crippen MR) is 261 cm³/mol. The molecule has 0 bridgehead atoms. The Morgan fingerprint density at radius 1 is 0.750 bits per heavy atom. The van der Waals surface area contributed by atoms with Crippen LogP contribution in [0.1, 0.15) is 40.1 Å². The van der Waals surface area contributed by atoms with E-state index in [1.54, 1.807) is 60.7 Å². The summed E-state index contributed by atoms with van der Waals surface area (Å²) in [4.78, 5) is 71.0. The number of benzene rings is 4. The first kappa shape index (κ1) is 54.9. The minimum atomic E-state index is -2.60. The highest BCUT2D eigenvalue weighted by Crippen LogP contribution is 2.47. The maximum Gasteiger partial charge on any atom is 0.514 e. The number of carbonyl (C=O) groups is 5. The van der Waals surface area contributed by atoms with Gasteiger partial charge >= 0.3 is 18.1 Å². The van der Waals surface area contributed by atoms with Crippen LogP contribution in [0.15, 0.2) is 84.9 Å². The lowest BCUT2D eigenvalue weighted by Crippen LogP contribution is -2.72. The smallest absolute Gasteiger partial charge is 0.497 e. The molecule has 0 radical (unpaired) electrons. The van der Waals surface area contributed by atoms with E-state index in [-0.39, 0.29) is 34.8 Å². The Hall–Kier alpha value is -4.87.